The Bertz CT molecular complexity index is 501. The van der Waals surface area contributed by atoms with Gasteiger partial charge in [0.15, 0.2) is 0 Å². The van der Waals surface area contributed by atoms with Gasteiger partial charge in [0, 0.05) is 32.8 Å². The molecule has 2 aliphatic rings. The van der Waals surface area contributed by atoms with Gasteiger partial charge in [0.05, 0.1) is 5.92 Å². The molecule has 2 unspecified atom stereocenters. The van der Waals surface area contributed by atoms with Crippen LogP contribution in [0.5, 0.6) is 0 Å². The van der Waals surface area contributed by atoms with Crippen LogP contribution in [-0.2, 0) is 11.3 Å². The molecule has 0 bridgehead atoms. The molecule has 1 saturated heterocycles. The summed E-state index contributed by atoms with van der Waals surface area (Å²) in [5.74, 6) is 0.652. The molecule has 114 valence electrons. The molecule has 4 heteroatoms. The van der Waals surface area contributed by atoms with E-state index in [9.17, 15) is 4.79 Å². The summed E-state index contributed by atoms with van der Waals surface area (Å²) in [7, 11) is 0. The van der Waals surface area contributed by atoms with Gasteiger partial charge in [-0.05, 0) is 36.3 Å². The van der Waals surface area contributed by atoms with Crippen molar-refractivity contribution < 1.29 is 9.90 Å². The minimum absolute atomic E-state index is 0.0529. The van der Waals surface area contributed by atoms with E-state index in [1.165, 1.54) is 11.1 Å². The number of nitrogens with one attached hydrogen (secondary N) is 1. The number of rotatable bonds is 3. The highest BCUT2D eigenvalue weighted by molar-refractivity contribution is 5.85. The molecule has 1 aromatic rings. The molecule has 2 heterocycles. The van der Waals surface area contributed by atoms with Gasteiger partial charge in [0.2, 0.25) is 5.91 Å². The standard InChI is InChI=1S/C17H24N2O2/c20-9-7-13-4-3-8-19(12-13)17(21)16-11-18-10-14-5-1-2-6-15(14)16/h1-2,5-6,13,16,18,20H,3-4,7-12H2. The van der Waals surface area contributed by atoms with Gasteiger partial charge in [-0.15, -0.1) is 0 Å². The fourth-order valence-electron chi connectivity index (χ4n) is 3.62. The zero-order chi connectivity index (χ0) is 14.7. The Morgan fingerprint density at radius 1 is 1.38 bits per heavy atom. The molecule has 4 nitrogen and oxygen atoms in total. The number of aliphatic hydroxyl groups is 1. The summed E-state index contributed by atoms with van der Waals surface area (Å²) in [6, 6.07) is 8.25. The first-order valence-electron chi connectivity index (χ1n) is 7.97. The Morgan fingerprint density at radius 2 is 2.24 bits per heavy atom. The number of carbonyl (C=O) groups excluding carboxylic acids is 1. The Kier molecular flexibility index (Phi) is 4.56. The van der Waals surface area contributed by atoms with Crippen LogP contribution < -0.4 is 5.32 Å². The van der Waals surface area contributed by atoms with E-state index in [1.54, 1.807) is 0 Å². The summed E-state index contributed by atoms with van der Waals surface area (Å²) in [6.07, 6.45) is 2.99. The third-order valence-electron chi connectivity index (χ3n) is 4.76. The van der Waals surface area contributed by atoms with Crippen molar-refractivity contribution in [2.24, 2.45) is 5.92 Å². The van der Waals surface area contributed by atoms with Gasteiger partial charge in [-0.1, -0.05) is 24.3 Å². The number of piperidine rings is 1. The molecule has 1 aromatic carbocycles. The van der Waals surface area contributed by atoms with Crippen molar-refractivity contribution in [3.05, 3.63) is 35.4 Å². The second kappa shape index (κ2) is 6.58. The maximum Gasteiger partial charge on any atom is 0.231 e. The highest BCUT2D eigenvalue weighted by Gasteiger charge is 2.32. The lowest BCUT2D eigenvalue weighted by Gasteiger charge is -2.36. The number of benzene rings is 1. The predicted molar refractivity (Wildman–Crippen MR) is 81.9 cm³/mol. The maximum atomic E-state index is 12.9. The third kappa shape index (κ3) is 3.11. The lowest BCUT2D eigenvalue weighted by atomic mass is 9.88. The second-order valence-electron chi connectivity index (χ2n) is 6.19. The van der Waals surface area contributed by atoms with Crippen molar-refractivity contribution in [3.8, 4) is 0 Å². The lowest BCUT2D eigenvalue weighted by Crippen LogP contribution is -2.46. The van der Waals surface area contributed by atoms with Gasteiger partial charge in [0.25, 0.3) is 0 Å². The van der Waals surface area contributed by atoms with Crippen molar-refractivity contribution in [2.45, 2.75) is 31.7 Å². The zero-order valence-electron chi connectivity index (χ0n) is 12.4. The van der Waals surface area contributed by atoms with Crippen molar-refractivity contribution in [1.82, 2.24) is 10.2 Å². The van der Waals surface area contributed by atoms with Crippen LogP contribution in [0.1, 0.15) is 36.3 Å². The van der Waals surface area contributed by atoms with Crippen molar-refractivity contribution in [2.75, 3.05) is 26.2 Å². The zero-order valence-corrected chi connectivity index (χ0v) is 12.4. The van der Waals surface area contributed by atoms with Crippen LogP contribution in [0.2, 0.25) is 0 Å². The van der Waals surface area contributed by atoms with E-state index in [4.69, 9.17) is 5.11 Å². The number of aliphatic hydroxyl groups excluding tert-OH is 1. The van der Waals surface area contributed by atoms with E-state index >= 15 is 0 Å². The van der Waals surface area contributed by atoms with Crippen LogP contribution in [0, 0.1) is 5.92 Å². The summed E-state index contributed by atoms with van der Waals surface area (Å²) in [5, 5.41) is 12.5. The van der Waals surface area contributed by atoms with Gasteiger partial charge in [-0.2, -0.15) is 0 Å². The Balaban J connectivity index is 1.74. The SMILES string of the molecule is O=C(C1CNCc2ccccc21)N1CCCC(CCO)C1. The Hall–Kier alpha value is -1.39. The van der Waals surface area contributed by atoms with Gasteiger partial charge in [-0.3, -0.25) is 4.79 Å². The number of likely N-dealkylation sites (tertiary alicyclic amines) is 1. The topological polar surface area (TPSA) is 52.6 Å². The van der Waals surface area contributed by atoms with Crippen molar-refractivity contribution in [3.63, 3.8) is 0 Å². The Labute approximate surface area is 126 Å². The second-order valence-corrected chi connectivity index (χ2v) is 6.19. The first-order chi connectivity index (χ1) is 10.3. The molecule has 1 fully saturated rings. The Morgan fingerprint density at radius 3 is 3.10 bits per heavy atom. The minimum atomic E-state index is -0.0529. The first-order valence-corrected chi connectivity index (χ1v) is 7.97. The van der Waals surface area contributed by atoms with Gasteiger partial charge in [-0.25, -0.2) is 0 Å². The van der Waals surface area contributed by atoms with Gasteiger partial charge < -0.3 is 15.3 Å². The highest BCUT2D eigenvalue weighted by Crippen LogP contribution is 2.28. The van der Waals surface area contributed by atoms with Crippen LogP contribution >= 0.6 is 0 Å². The average Bonchev–Trinajstić information content (AvgIpc) is 2.54. The van der Waals surface area contributed by atoms with E-state index in [1.807, 2.05) is 17.0 Å². The van der Waals surface area contributed by atoms with Gasteiger partial charge in [0.1, 0.15) is 0 Å². The quantitative estimate of drug-likeness (QED) is 0.886. The summed E-state index contributed by atoms with van der Waals surface area (Å²) >= 11 is 0. The van der Waals surface area contributed by atoms with Crippen LogP contribution in [0.4, 0.5) is 0 Å². The number of nitrogens with zero attached hydrogens (tertiary/aromatic N) is 1. The number of carbonyl (C=O) groups is 1. The van der Waals surface area contributed by atoms with Crippen LogP contribution in [0.15, 0.2) is 24.3 Å². The maximum absolute atomic E-state index is 12.9. The molecule has 0 aromatic heterocycles. The van der Waals surface area contributed by atoms with E-state index in [-0.39, 0.29) is 18.4 Å². The van der Waals surface area contributed by atoms with E-state index in [2.05, 4.69) is 17.4 Å². The molecule has 0 aliphatic carbocycles. The molecule has 2 atom stereocenters. The fraction of sp³-hybridized carbons (Fsp3) is 0.588. The largest absolute Gasteiger partial charge is 0.396 e. The summed E-state index contributed by atoms with van der Waals surface area (Å²) < 4.78 is 0. The predicted octanol–water partition coefficient (Wildman–Crippen LogP) is 1.49. The first kappa shape index (κ1) is 14.5. The summed E-state index contributed by atoms with van der Waals surface area (Å²) in [4.78, 5) is 14.9. The molecular weight excluding hydrogens is 264 g/mol. The highest BCUT2D eigenvalue weighted by atomic mass is 16.3. The molecule has 0 spiro atoms. The average molecular weight is 288 g/mol. The molecule has 1 amide bonds. The van der Waals surface area contributed by atoms with Crippen LogP contribution in [0.25, 0.3) is 0 Å². The normalized spacial score (nSPS) is 25.5. The van der Waals surface area contributed by atoms with Gasteiger partial charge >= 0.3 is 0 Å². The molecule has 2 N–H and O–H groups in total. The van der Waals surface area contributed by atoms with E-state index < -0.39 is 0 Å². The smallest absolute Gasteiger partial charge is 0.231 e. The lowest BCUT2D eigenvalue weighted by molar-refractivity contribution is -0.134. The summed E-state index contributed by atoms with van der Waals surface area (Å²) in [6.45, 7) is 3.47. The molecule has 0 radical (unpaired) electrons. The van der Waals surface area contributed by atoms with Crippen LogP contribution in [-0.4, -0.2) is 42.2 Å². The number of fused-ring (bicyclic) bond motifs is 1. The van der Waals surface area contributed by atoms with E-state index in [0.717, 1.165) is 45.4 Å². The van der Waals surface area contributed by atoms with Crippen LogP contribution in [0.3, 0.4) is 0 Å². The summed E-state index contributed by atoms with van der Waals surface area (Å²) in [5.41, 5.74) is 2.43. The van der Waals surface area contributed by atoms with E-state index in [0.29, 0.717) is 5.92 Å². The number of hydrogen-bond acceptors (Lipinski definition) is 3. The van der Waals surface area contributed by atoms with Crippen molar-refractivity contribution >= 4 is 5.91 Å². The molecular formula is C17H24N2O2. The molecule has 2 aliphatic heterocycles. The molecule has 21 heavy (non-hydrogen) atoms. The minimum Gasteiger partial charge on any atom is -0.396 e. The monoisotopic (exact) mass is 288 g/mol. The number of amides is 1. The third-order valence-corrected chi connectivity index (χ3v) is 4.76. The molecule has 0 saturated carbocycles. The molecule has 3 rings (SSSR count). The fourth-order valence-corrected chi connectivity index (χ4v) is 3.62. The number of hydrogen-bond donors (Lipinski definition) is 2. The van der Waals surface area contributed by atoms with Crippen molar-refractivity contribution in [1.29, 1.82) is 0 Å².